The van der Waals surface area contributed by atoms with Gasteiger partial charge >= 0.3 is 5.97 Å². The molecule has 0 unspecified atom stereocenters. The molecule has 0 atom stereocenters. The number of aromatic carboxylic acids is 1. The molecule has 6 nitrogen and oxygen atoms in total. The molecule has 0 bridgehead atoms. The molecule has 0 radical (unpaired) electrons. The number of benzene rings is 1. The van der Waals surface area contributed by atoms with E-state index in [0.717, 1.165) is 5.56 Å². The Morgan fingerprint density at radius 3 is 2.70 bits per heavy atom. The Bertz CT molecular complexity index is 939. The van der Waals surface area contributed by atoms with Gasteiger partial charge in [0.15, 0.2) is 5.13 Å². The van der Waals surface area contributed by atoms with Gasteiger partial charge in [0.2, 0.25) is 0 Å². The monoisotopic (exact) mass is 347 g/mol. The Kier molecular flexibility index (Phi) is 3.97. The van der Waals surface area contributed by atoms with Gasteiger partial charge < -0.3 is 5.11 Å². The van der Waals surface area contributed by atoms with E-state index in [0.29, 0.717) is 15.3 Å². The van der Waals surface area contributed by atoms with E-state index in [-0.39, 0.29) is 16.4 Å². The van der Waals surface area contributed by atoms with Crippen LogP contribution in [-0.4, -0.2) is 27.0 Å². The highest BCUT2D eigenvalue weighted by Gasteiger charge is 2.13. The number of aryl methyl sites for hydroxylation is 1. The summed E-state index contributed by atoms with van der Waals surface area (Å²) in [4.78, 5) is 31.4. The zero-order valence-electron chi connectivity index (χ0n) is 11.8. The molecule has 0 aliphatic heterocycles. The van der Waals surface area contributed by atoms with Gasteiger partial charge in [-0.05, 0) is 36.8 Å². The first-order valence-corrected chi connectivity index (χ1v) is 7.72. The molecular formula is C15H10ClN3O3S. The van der Waals surface area contributed by atoms with Crippen molar-refractivity contribution in [3.63, 3.8) is 0 Å². The van der Waals surface area contributed by atoms with Crippen LogP contribution in [-0.2, 0) is 0 Å². The van der Waals surface area contributed by atoms with Crippen LogP contribution in [0.5, 0.6) is 0 Å². The second-order valence-corrected chi connectivity index (χ2v) is 6.15. The van der Waals surface area contributed by atoms with Crippen molar-refractivity contribution in [3.8, 4) is 0 Å². The molecule has 2 heterocycles. The lowest BCUT2D eigenvalue weighted by Crippen LogP contribution is -2.13. The van der Waals surface area contributed by atoms with Gasteiger partial charge in [-0.25, -0.2) is 14.8 Å². The van der Waals surface area contributed by atoms with E-state index >= 15 is 0 Å². The van der Waals surface area contributed by atoms with Crippen LogP contribution in [0.4, 0.5) is 5.13 Å². The fourth-order valence-corrected chi connectivity index (χ4v) is 2.96. The first-order chi connectivity index (χ1) is 10.9. The molecule has 2 N–H and O–H groups in total. The molecule has 2 aromatic heterocycles. The largest absolute Gasteiger partial charge is 0.478 e. The molecule has 3 aromatic rings. The minimum atomic E-state index is -1.01. The molecule has 23 heavy (non-hydrogen) atoms. The molecule has 1 amide bonds. The number of carbonyl (C=O) groups excluding carboxylic acids is 1. The van der Waals surface area contributed by atoms with Gasteiger partial charge in [0.05, 0.1) is 15.8 Å². The lowest BCUT2D eigenvalue weighted by molar-refractivity contribution is 0.0697. The Morgan fingerprint density at radius 1 is 1.22 bits per heavy atom. The van der Waals surface area contributed by atoms with Crippen LogP contribution < -0.4 is 5.32 Å². The number of nitrogens with one attached hydrogen (secondary N) is 1. The molecule has 0 spiro atoms. The van der Waals surface area contributed by atoms with Crippen LogP contribution in [0.2, 0.25) is 5.15 Å². The standard InChI is InChI=1S/C15H10ClN3O3S/c1-7-2-4-10(17-12(7)16)13(20)19-15-18-9-5-3-8(14(21)22)6-11(9)23-15/h2-6H,1H3,(H,21,22)(H,18,19,20). The summed E-state index contributed by atoms with van der Waals surface area (Å²) in [7, 11) is 0. The van der Waals surface area contributed by atoms with Gasteiger partial charge in [0, 0.05) is 0 Å². The molecule has 0 aliphatic carbocycles. The maximum Gasteiger partial charge on any atom is 0.335 e. The summed E-state index contributed by atoms with van der Waals surface area (Å²) >= 11 is 7.10. The van der Waals surface area contributed by atoms with E-state index in [1.54, 1.807) is 25.1 Å². The predicted molar refractivity (Wildman–Crippen MR) is 88.5 cm³/mol. The molecule has 0 saturated carbocycles. The van der Waals surface area contributed by atoms with Crippen LogP contribution in [0.15, 0.2) is 30.3 Å². The number of carbonyl (C=O) groups is 2. The number of aromatic nitrogens is 2. The Hall–Kier alpha value is -2.51. The highest BCUT2D eigenvalue weighted by atomic mass is 35.5. The average Bonchev–Trinajstić information content (AvgIpc) is 2.90. The van der Waals surface area contributed by atoms with Crippen molar-refractivity contribution in [2.45, 2.75) is 6.92 Å². The number of hydrogen-bond donors (Lipinski definition) is 2. The molecule has 116 valence electrons. The fourth-order valence-electron chi connectivity index (χ4n) is 1.90. The highest BCUT2D eigenvalue weighted by Crippen LogP contribution is 2.27. The van der Waals surface area contributed by atoms with Crippen molar-refractivity contribution < 1.29 is 14.7 Å². The quantitative estimate of drug-likeness (QED) is 0.706. The fraction of sp³-hybridized carbons (Fsp3) is 0.0667. The number of rotatable bonds is 3. The van der Waals surface area contributed by atoms with Crippen LogP contribution >= 0.6 is 22.9 Å². The summed E-state index contributed by atoms with van der Waals surface area (Å²) in [5.41, 5.74) is 1.76. The number of pyridine rings is 1. The number of carboxylic acids is 1. The Morgan fingerprint density at radius 2 is 2.00 bits per heavy atom. The lowest BCUT2D eigenvalue weighted by Gasteiger charge is -2.02. The molecule has 8 heteroatoms. The van der Waals surface area contributed by atoms with E-state index in [1.165, 1.54) is 23.5 Å². The second kappa shape index (κ2) is 5.94. The SMILES string of the molecule is Cc1ccc(C(=O)Nc2nc3ccc(C(=O)O)cc3s2)nc1Cl. The zero-order valence-corrected chi connectivity index (χ0v) is 13.4. The van der Waals surface area contributed by atoms with Crippen molar-refractivity contribution in [2.24, 2.45) is 0 Å². The number of anilines is 1. The summed E-state index contributed by atoms with van der Waals surface area (Å²) in [6, 6.07) is 7.88. The highest BCUT2D eigenvalue weighted by molar-refractivity contribution is 7.22. The van der Waals surface area contributed by atoms with Gasteiger partial charge in [-0.3, -0.25) is 10.1 Å². The van der Waals surface area contributed by atoms with E-state index in [2.05, 4.69) is 15.3 Å². The molecular weight excluding hydrogens is 338 g/mol. The zero-order chi connectivity index (χ0) is 16.6. The Labute approximate surface area is 139 Å². The van der Waals surface area contributed by atoms with E-state index in [1.807, 2.05) is 0 Å². The van der Waals surface area contributed by atoms with Crippen molar-refractivity contribution in [2.75, 3.05) is 5.32 Å². The third-order valence-corrected chi connectivity index (χ3v) is 4.44. The minimum absolute atomic E-state index is 0.172. The van der Waals surface area contributed by atoms with E-state index in [4.69, 9.17) is 16.7 Å². The Balaban J connectivity index is 1.87. The van der Waals surface area contributed by atoms with Gasteiger partial charge in [0.1, 0.15) is 10.8 Å². The first kappa shape index (κ1) is 15.4. The van der Waals surface area contributed by atoms with Crippen LogP contribution in [0.3, 0.4) is 0 Å². The van der Waals surface area contributed by atoms with Crippen molar-refractivity contribution in [1.29, 1.82) is 0 Å². The average molecular weight is 348 g/mol. The van der Waals surface area contributed by atoms with Gasteiger partial charge in [-0.15, -0.1) is 0 Å². The van der Waals surface area contributed by atoms with E-state index < -0.39 is 11.9 Å². The maximum absolute atomic E-state index is 12.2. The topological polar surface area (TPSA) is 92.2 Å². The molecule has 0 fully saturated rings. The number of halogens is 1. The minimum Gasteiger partial charge on any atom is -0.478 e. The third kappa shape index (κ3) is 3.15. The molecule has 3 rings (SSSR count). The van der Waals surface area contributed by atoms with Crippen LogP contribution in [0.1, 0.15) is 26.4 Å². The maximum atomic E-state index is 12.2. The van der Waals surface area contributed by atoms with Gasteiger partial charge in [0.25, 0.3) is 5.91 Å². The summed E-state index contributed by atoms with van der Waals surface area (Å²) in [6.45, 7) is 1.80. The summed E-state index contributed by atoms with van der Waals surface area (Å²) in [6.07, 6.45) is 0. The van der Waals surface area contributed by atoms with E-state index in [9.17, 15) is 9.59 Å². The summed E-state index contributed by atoms with van der Waals surface area (Å²) in [5.74, 6) is -1.44. The smallest absolute Gasteiger partial charge is 0.335 e. The molecule has 0 saturated heterocycles. The number of nitrogens with zero attached hydrogens (tertiary/aromatic N) is 2. The van der Waals surface area contributed by atoms with Crippen LogP contribution in [0.25, 0.3) is 10.2 Å². The lowest BCUT2D eigenvalue weighted by atomic mass is 10.2. The number of fused-ring (bicyclic) bond motifs is 1. The summed E-state index contributed by atoms with van der Waals surface area (Å²) in [5, 5.41) is 12.3. The number of hydrogen-bond acceptors (Lipinski definition) is 5. The number of thiazole rings is 1. The molecule has 0 aliphatic rings. The number of carboxylic acid groups (broad SMARTS) is 1. The predicted octanol–water partition coefficient (Wildman–Crippen LogP) is 3.60. The van der Waals surface area contributed by atoms with Crippen molar-refractivity contribution in [3.05, 3.63) is 52.3 Å². The first-order valence-electron chi connectivity index (χ1n) is 6.52. The third-order valence-electron chi connectivity index (χ3n) is 3.12. The van der Waals surface area contributed by atoms with Gasteiger partial charge in [-0.1, -0.05) is 29.0 Å². The molecule has 1 aromatic carbocycles. The van der Waals surface area contributed by atoms with Gasteiger partial charge in [-0.2, -0.15) is 0 Å². The normalized spacial score (nSPS) is 10.7. The van der Waals surface area contributed by atoms with Crippen molar-refractivity contribution >= 4 is 50.2 Å². The number of amides is 1. The summed E-state index contributed by atoms with van der Waals surface area (Å²) < 4.78 is 0.676. The van der Waals surface area contributed by atoms with Crippen LogP contribution in [0, 0.1) is 6.92 Å². The van der Waals surface area contributed by atoms with Crippen molar-refractivity contribution in [1.82, 2.24) is 9.97 Å². The second-order valence-electron chi connectivity index (χ2n) is 4.76.